The van der Waals surface area contributed by atoms with Crippen LogP contribution in [0.1, 0.15) is 41.1 Å². The van der Waals surface area contributed by atoms with Crippen LogP contribution in [-0.4, -0.2) is 59.3 Å². The zero-order valence-electron chi connectivity index (χ0n) is 21.1. The minimum Gasteiger partial charge on any atom is -0.493 e. The van der Waals surface area contributed by atoms with Crippen molar-refractivity contribution in [1.82, 2.24) is 14.9 Å². The average Bonchev–Trinajstić information content (AvgIpc) is 2.93. The molecule has 4 rings (SSSR count). The lowest BCUT2D eigenvalue weighted by Crippen LogP contribution is -2.36. The third-order valence-corrected chi connectivity index (χ3v) is 6.76. The number of likely N-dealkylation sites (tertiary alicyclic amines) is 1. The quantitative estimate of drug-likeness (QED) is 0.407. The van der Waals surface area contributed by atoms with Crippen LogP contribution in [0.5, 0.6) is 5.75 Å². The Morgan fingerprint density at radius 1 is 1.03 bits per heavy atom. The maximum atomic E-state index is 11.8. The Bertz CT molecular complexity index is 1220. The third-order valence-electron chi connectivity index (χ3n) is 6.76. The molecule has 194 valence electrons. The molecule has 2 heterocycles. The number of rotatable bonds is 9. The van der Waals surface area contributed by atoms with Crippen molar-refractivity contribution in [2.24, 2.45) is 0 Å². The van der Waals surface area contributed by atoms with E-state index in [1.54, 1.807) is 13.3 Å². The number of carboxylic acid groups (broad SMARTS) is 1. The molecule has 1 aromatic heterocycles. The van der Waals surface area contributed by atoms with Gasteiger partial charge in [0.2, 0.25) is 5.95 Å². The van der Waals surface area contributed by atoms with Crippen LogP contribution < -0.4 is 10.1 Å². The second kappa shape index (κ2) is 12.2. The van der Waals surface area contributed by atoms with Crippen molar-refractivity contribution in [3.05, 3.63) is 77.1 Å². The van der Waals surface area contributed by atoms with E-state index in [1.807, 2.05) is 36.4 Å². The van der Waals surface area contributed by atoms with Gasteiger partial charge >= 0.3 is 12.1 Å². The first kappa shape index (κ1) is 25.9. The normalized spacial score (nSPS) is 13.7. The summed E-state index contributed by atoms with van der Waals surface area (Å²) in [5.41, 5.74) is 4.85. The maximum absolute atomic E-state index is 11.8. The lowest BCUT2D eigenvalue weighted by atomic mass is 9.89. The van der Waals surface area contributed by atoms with E-state index >= 15 is 0 Å². The van der Waals surface area contributed by atoms with Crippen molar-refractivity contribution < 1.29 is 24.2 Å². The Kier molecular flexibility index (Phi) is 8.56. The summed E-state index contributed by atoms with van der Waals surface area (Å²) in [6.45, 7) is 1.13. The van der Waals surface area contributed by atoms with Gasteiger partial charge in [0.05, 0.1) is 32.5 Å². The molecule has 0 radical (unpaired) electrons. The zero-order valence-corrected chi connectivity index (χ0v) is 21.1. The minimum absolute atomic E-state index is 0.231. The first-order valence-electron chi connectivity index (χ1n) is 12.3. The topological polar surface area (TPSA) is 114 Å². The maximum Gasteiger partial charge on any atom is 0.407 e. The molecule has 1 fully saturated rings. The molecule has 0 spiro atoms. The number of anilines is 2. The molecular formula is C28H32N4O5. The molecule has 0 unspecified atom stereocenters. The largest absolute Gasteiger partial charge is 0.493 e. The number of methoxy groups -OCH3 is 2. The molecule has 0 saturated carbocycles. The van der Waals surface area contributed by atoms with Gasteiger partial charge in [0.15, 0.2) is 5.75 Å². The summed E-state index contributed by atoms with van der Waals surface area (Å²) in [5.74, 6) is 1.17. The SMILES string of the molecule is COC(=O)Cc1ccccc1CCc1nc(Nc2ccc(C3CCN(C(=O)O)CC3)cc2)ncc1OC. The van der Waals surface area contributed by atoms with Crippen LogP contribution in [0.2, 0.25) is 0 Å². The second-order valence-corrected chi connectivity index (χ2v) is 9.02. The van der Waals surface area contributed by atoms with Crippen molar-refractivity contribution >= 4 is 23.7 Å². The Balaban J connectivity index is 1.41. The minimum atomic E-state index is -0.845. The smallest absolute Gasteiger partial charge is 0.407 e. The highest BCUT2D eigenvalue weighted by Crippen LogP contribution is 2.29. The molecule has 1 aliphatic heterocycles. The number of ether oxygens (including phenoxy) is 2. The molecule has 2 N–H and O–H groups in total. The molecule has 0 bridgehead atoms. The molecule has 37 heavy (non-hydrogen) atoms. The van der Waals surface area contributed by atoms with Gasteiger partial charge in [-0.15, -0.1) is 0 Å². The highest BCUT2D eigenvalue weighted by molar-refractivity contribution is 5.72. The summed E-state index contributed by atoms with van der Waals surface area (Å²) < 4.78 is 10.3. The molecule has 2 aromatic carbocycles. The standard InChI is InChI=1S/C28H32N4O5/c1-36-25-18-29-27(31-24(25)12-9-19-5-3-4-6-22(19)17-26(33)37-2)30-23-10-7-20(8-11-23)21-13-15-32(16-14-21)28(34)35/h3-8,10-11,18,21H,9,12-17H2,1-2H3,(H,34,35)(H,29,30,31). The summed E-state index contributed by atoms with van der Waals surface area (Å²) in [7, 11) is 2.99. The van der Waals surface area contributed by atoms with Gasteiger partial charge in [-0.25, -0.2) is 14.8 Å². The van der Waals surface area contributed by atoms with Crippen molar-refractivity contribution in [2.75, 3.05) is 32.6 Å². The fraction of sp³-hybridized carbons (Fsp3) is 0.357. The van der Waals surface area contributed by atoms with Gasteiger partial charge in [0.1, 0.15) is 0 Å². The summed E-state index contributed by atoms with van der Waals surface area (Å²) in [6.07, 6.45) is 4.01. The van der Waals surface area contributed by atoms with E-state index in [9.17, 15) is 9.59 Å². The van der Waals surface area contributed by atoms with E-state index in [4.69, 9.17) is 19.6 Å². The van der Waals surface area contributed by atoms with Crippen LogP contribution in [0, 0.1) is 0 Å². The number of aromatic nitrogens is 2. The number of aryl methyl sites for hydroxylation is 2. The molecule has 1 aliphatic rings. The highest BCUT2D eigenvalue weighted by Gasteiger charge is 2.23. The zero-order chi connectivity index (χ0) is 26.2. The molecule has 0 aliphatic carbocycles. The van der Waals surface area contributed by atoms with Crippen LogP contribution in [0.15, 0.2) is 54.7 Å². The van der Waals surface area contributed by atoms with Gasteiger partial charge < -0.3 is 24.8 Å². The predicted molar refractivity (Wildman–Crippen MR) is 139 cm³/mol. The van der Waals surface area contributed by atoms with Gasteiger partial charge in [0.25, 0.3) is 0 Å². The number of nitrogens with one attached hydrogen (secondary N) is 1. The molecule has 9 heteroatoms. The van der Waals surface area contributed by atoms with E-state index in [-0.39, 0.29) is 12.4 Å². The average molecular weight is 505 g/mol. The Labute approximate surface area is 216 Å². The Hall–Kier alpha value is -4.14. The number of amides is 1. The van der Waals surface area contributed by atoms with E-state index in [0.29, 0.717) is 43.5 Å². The molecule has 1 saturated heterocycles. The molecule has 1 amide bonds. The van der Waals surface area contributed by atoms with E-state index < -0.39 is 6.09 Å². The second-order valence-electron chi connectivity index (χ2n) is 9.02. The lowest BCUT2D eigenvalue weighted by Gasteiger charge is -2.30. The molecule has 0 atom stereocenters. The number of carbonyl (C=O) groups excluding carboxylic acids is 1. The highest BCUT2D eigenvalue weighted by atomic mass is 16.5. The molecule has 3 aromatic rings. The van der Waals surface area contributed by atoms with Gasteiger partial charge in [-0.1, -0.05) is 36.4 Å². The molecular weight excluding hydrogens is 472 g/mol. The first-order chi connectivity index (χ1) is 18.0. The van der Waals surface area contributed by atoms with Gasteiger partial charge in [-0.3, -0.25) is 4.79 Å². The van der Waals surface area contributed by atoms with Crippen molar-refractivity contribution in [3.63, 3.8) is 0 Å². The van der Waals surface area contributed by atoms with Crippen LogP contribution in [0.4, 0.5) is 16.4 Å². The number of carbonyl (C=O) groups is 2. The monoisotopic (exact) mass is 504 g/mol. The fourth-order valence-corrected chi connectivity index (χ4v) is 4.64. The Morgan fingerprint density at radius 3 is 2.38 bits per heavy atom. The summed E-state index contributed by atoms with van der Waals surface area (Å²) in [4.78, 5) is 33.5. The van der Waals surface area contributed by atoms with Crippen molar-refractivity contribution in [1.29, 1.82) is 0 Å². The number of nitrogens with zero attached hydrogens (tertiary/aromatic N) is 3. The van der Waals surface area contributed by atoms with E-state index in [0.717, 1.165) is 35.3 Å². The number of benzene rings is 2. The summed E-state index contributed by atoms with van der Waals surface area (Å²) in [5, 5.41) is 12.4. The van der Waals surface area contributed by atoms with Crippen LogP contribution in [-0.2, 0) is 28.8 Å². The summed E-state index contributed by atoms with van der Waals surface area (Å²) >= 11 is 0. The van der Waals surface area contributed by atoms with E-state index in [2.05, 4.69) is 22.4 Å². The number of piperidine rings is 1. The van der Waals surface area contributed by atoms with E-state index in [1.165, 1.54) is 17.6 Å². The van der Waals surface area contributed by atoms with Gasteiger partial charge in [0, 0.05) is 18.8 Å². The summed E-state index contributed by atoms with van der Waals surface area (Å²) in [6, 6.07) is 16.0. The number of hydrogen-bond donors (Lipinski definition) is 2. The first-order valence-corrected chi connectivity index (χ1v) is 12.3. The molecule has 9 nitrogen and oxygen atoms in total. The predicted octanol–water partition coefficient (Wildman–Crippen LogP) is 4.59. The Morgan fingerprint density at radius 2 is 1.73 bits per heavy atom. The van der Waals surface area contributed by atoms with Crippen LogP contribution in [0.25, 0.3) is 0 Å². The fourth-order valence-electron chi connectivity index (χ4n) is 4.64. The van der Waals surface area contributed by atoms with Crippen LogP contribution >= 0.6 is 0 Å². The van der Waals surface area contributed by atoms with Gasteiger partial charge in [-0.2, -0.15) is 0 Å². The lowest BCUT2D eigenvalue weighted by molar-refractivity contribution is -0.139. The van der Waals surface area contributed by atoms with Crippen molar-refractivity contribution in [2.45, 2.75) is 38.0 Å². The van der Waals surface area contributed by atoms with Gasteiger partial charge in [-0.05, 0) is 60.4 Å². The third kappa shape index (κ3) is 6.75. The number of esters is 1. The number of hydrogen-bond acceptors (Lipinski definition) is 7. The van der Waals surface area contributed by atoms with Crippen LogP contribution in [0.3, 0.4) is 0 Å². The van der Waals surface area contributed by atoms with Crippen molar-refractivity contribution in [3.8, 4) is 5.75 Å².